The predicted octanol–water partition coefficient (Wildman–Crippen LogP) is 4.45. The number of hydrogen-bond donors (Lipinski definition) is 0. The lowest BCUT2D eigenvalue weighted by Crippen LogP contribution is -2.56. The van der Waals surface area contributed by atoms with E-state index in [1.807, 2.05) is 43.9 Å². The van der Waals surface area contributed by atoms with Crippen LogP contribution in [0.5, 0.6) is 0 Å². The smallest absolute Gasteiger partial charge is 0.410 e. The van der Waals surface area contributed by atoms with Crippen LogP contribution in [0.1, 0.15) is 32.8 Å². The van der Waals surface area contributed by atoms with Crippen LogP contribution in [-0.2, 0) is 16.0 Å². The average Bonchev–Trinajstić information content (AvgIpc) is 2.55. The molecule has 1 aliphatic heterocycles. The van der Waals surface area contributed by atoms with E-state index in [0.717, 1.165) is 31.6 Å². The lowest BCUT2D eigenvalue weighted by Gasteiger charge is -2.41. The summed E-state index contributed by atoms with van der Waals surface area (Å²) < 4.78 is 10.8. The van der Waals surface area contributed by atoms with Gasteiger partial charge >= 0.3 is 6.09 Å². The Morgan fingerprint density at radius 2 is 1.96 bits per heavy atom. The van der Waals surface area contributed by atoms with E-state index < -0.39 is 5.60 Å². The summed E-state index contributed by atoms with van der Waals surface area (Å²) in [4.78, 5) is 16.7. The Morgan fingerprint density at radius 3 is 2.58 bits per heavy atom. The van der Waals surface area contributed by atoms with Gasteiger partial charge in [-0.1, -0.05) is 29.3 Å². The van der Waals surface area contributed by atoms with Crippen molar-refractivity contribution in [2.75, 3.05) is 33.4 Å². The molecule has 1 saturated heterocycles. The van der Waals surface area contributed by atoms with Crippen molar-refractivity contribution in [3.8, 4) is 0 Å². The maximum absolute atomic E-state index is 12.5. The van der Waals surface area contributed by atoms with Crippen LogP contribution in [0.3, 0.4) is 0 Å². The number of halogens is 2. The number of methoxy groups -OCH3 is 1. The Bertz CT molecular complexity index is 619. The number of rotatable bonds is 5. The highest BCUT2D eigenvalue weighted by molar-refractivity contribution is 6.42. The minimum absolute atomic E-state index is 0.0568. The number of amides is 1. The first-order chi connectivity index (χ1) is 12.2. The number of benzene rings is 1. The Morgan fingerprint density at radius 1 is 1.23 bits per heavy atom. The molecule has 5 nitrogen and oxygen atoms in total. The third kappa shape index (κ3) is 6.31. The SMILES string of the molecule is COCC[C@H]1CN(Cc2ccc(Cl)c(Cl)c2)CCN1C(=O)OC(C)(C)C. The molecule has 0 N–H and O–H groups in total. The standard InChI is InChI=1S/C19H28Cl2N2O3/c1-19(2,3)26-18(24)23-9-8-22(13-15(23)7-10-25-4)12-14-5-6-16(20)17(21)11-14/h5-6,11,15H,7-10,12-13H2,1-4H3/t15-/m0/s1. The summed E-state index contributed by atoms with van der Waals surface area (Å²) in [6, 6.07) is 5.76. The van der Waals surface area contributed by atoms with Crippen LogP contribution < -0.4 is 0 Å². The first-order valence-electron chi connectivity index (χ1n) is 8.84. The van der Waals surface area contributed by atoms with Crippen LogP contribution in [-0.4, -0.2) is 60.9 Å². The van der Waals surface area contributed by atoms with Gasteiger partial charge in [-0.05, 0) is 44.9 Å². The summed E-state index contributed by atoms with van der Waals surface area (Å²) in [5.74, 6) is 0. The maximum Gasteiger partial charge on any atom is 0.410 e. The molecule has 2 rings (SSSR count). The Kier molecular flexibility index (Phi) is 7.59. The van der Waals surface area contributed by atoms with Crippen molar-refractivity contribution >= 4 is 29.3 Å². The molecule has 1 heterocycles. The normalized spacial score (nSPS) is 18.8. The fourth-order valence-electron chi connectivity index (χ4n) is 3.02. The third-order valence-electron chi connectivity index (χ3n) is 4.24. The van der Waals surface area contributed by atoms with Crippen molar-refractivity contribution < 1.29 is 14.3 Å². The maximum atomic E-state index is 12.5. The summed E-state index contributed by atoms with van der Waals surface area (Å²) in [6.07, 6.45) is 0.515. The topological polar surface area (TPSA) is 42.0 Å². The lowest BCUT2D eigenvalue weighted by molar-refractivity contribution is -0.00740. The van der Waals surface area contributed by atoms with Crippen molar-refractivity contribution in [1.82, 2.24) is 9.80 Å². The molecule has 0 spiro atoms. The van der Waals surface area contributed by atoms with Gasteiger partial charge in [0.25, 0.3) is 0 Å². The molecule has 1 fully saturated rings. The van der Waals surface area contributed by atoms with Crippen LogP contribution in [0.4, 0.5) is 4.79 Å². The van der Waals surface area contributed by atoms with E-state index in [2.05, 4.69) is 4.90 Å². The second-order valence-electron chi connectivity index (χ2n) is 7.59. The van der Waals surface area contributed by atoms with Gasteiger partial charge in [-0.3, -0.25) is 4.90 Å². The number of carbonyl (C=O) groups excluding carboxylic acids is 1. The number of piperazine rings is 1. The molecule has 0 unspecified atom stereocenters. The zero-order valence-corrected chi connectivity index (χ0v) is 17.4. The lowest BCUT2D eigenvalue weighted by atomic mass is 10.1. The molecule has 0 bridgehead atoms. The summed E-state index contributed by atoms with van der Waals surface area (Å²) in [7, 11) is 1.67. The average molecular weight is 403 g/mol. The Balaban J connectivity index is 2.03. The molecule has 1 amide bonds. The molecular formula is C19H28Cl2N2O3. The van der Waals surface area contributed by atoms with E-state index in [4.69, 9.17) is 32.7 Å². The Hall–Kier alpha value is -1.01. The van der Waals surface area contributed by atoms with Crippen LogP contribution >= 0.6 is 23.2 Å². The van der Waals surface area contributed by atoms with Gasteiger partial charge in [0, 0.05) is 45.9 Å². The van der Waals surface area contributed by atoms with Crippen molar-refractivity contribution in [2.45, 2.75) is 45.4 Å². The third-order valence-corrected chi connectivity index (χ3v) is 4.98. The Labute approximate surface area is 166 Å². The molecule has 1 aliphatic rings. The van der Waals surface area contributed by atoms with Crippen LogP contribution in [0.2, 0.25) is 10.0 Å². The quantitative estimate of drug-likeness (QED) is 0.729. The summed E-state index contributed by atoms with van der Waals surface area (Å²) >= 11 is 12.1. The second kappa shape index (κ2) is 9.27. The number of carbonyl (C=O) groups is 1. The van der Waals surface area contributed by atoms with Gasteiger partial charge in [0.2, 0.25) is 0 Å². The molecule has 7 heteroatoms. The molecule has 1 aromatic rings. The minimum atomic E-state index is -0.500. The van der Waals surface area contributed by atoms with E-state index in [1.165, 1.54) is 0 Å². The van der Waals surface area contributed by atoms with E-state index in [-0.39, 0.29) is 12.1 Å². The molecule has 1 atom stereocenters. The first-order valence-corrected chi connectivity index (χ1v) is 9.60. The van der Waals surface area contributed by atoms with Crippen molar-refractivity contribution in [1.29, 1.82) is 0 Å². The van der Waals surface area contributed by atoms with Crippen molar-refractivity contribution in [2.24, 2.45) is 0 Å². The van der Waals surface area contributed by atoms with E-state index in [0.29, 0.717) is 23.2 Å². The first kappa shape index (κ1) is 21.3. The summed E-state index contributed by atoms with van der Waals surface area (Å²) in [5, 5.41) is 1.12. The fraction of sp³-hybridized carbons (Fsp3) is 0.632. The monoisotopic (exact) mass is 402 g/mol. The largest absolute Gasteiger partial charge is 0.444 e. The van der Waals surface area contributed by atoms with Crippen molar-refractivity contribution in [3.63, 3.8) is 0 Å². The number of hydrogen-bond acceptors (Lipinski definition) is 4. The minimum Gasteiger partial charge on any atom is -0.444 e. The number of ether oxygens (including phenoxy) is 2. The summed E-state index contributed by atoms with van der Waals surface area (Å²) in [5.41, 5.74) is 0.607. The van der Waals surface area contributed by atoms with Gasteiger partial charge in [-0.15, -0.1) is 0 Å². The fourth-order valence-corrected chi connectivity index (χ4v) is 3.34. The number of nitrogens with zero attached hydrogens (tertiary/aromatic N) is 2. The van der Waals surface area contributed by atoms with Gasteiger partial charge in [0.15, 0.2) is 0 Å². The van der Waals surface area contributed by atoms with Gasteiger partial charge in [0.1, 0.15) is 5.60 Å². The molecular weight excluding hydrogens is 375 g/mol. The molecule has 0 aromatic heterocycles. The van der Waals surface area contributed by atoms with Crippen LogP contribution in [0.15, 0.2) is 18.2 Å². The highest BCUT2D eigenvalue weighted by atomic mass is 35.5. The van der Waals surface area contributed by atoms with Crippen LogP contribution in [0.25, 0.3) is 0 Å². The zero-order valence-electron chi connectivity index (χ0n) is 15.9. The molecule has 0 saturated carbocycles. The van der Waals surface area contributed by atoms with E-state index in [1.54, 1.807) is 7.11 Å². The highest BCUT2D eigenvalue weighted by Crippen LogP contribution is 2.24. The van der Waals surface area contributed by atoms with E-state index >= 15 is 0 Å². The highest BCUT2D eigenvalue weighted by Gasteiger charge is 2.33. The molecule has 0 aliphatic carbocycles. The molecule has 1 aromatic carbocycles. The van der Waals surface area contributed by atoms with E-state index in [9.17, 15) is 4.79 Å². The van der Waals surface area contributed by atoms with Crippen molar-refractivity contribution in [3.05, 3.63) is 33.8 Å². The van der Waals surface area contributed by atoms with Gasteiger partial charge in [0.05, 0.1) is 10.0 Å². The second-order valence-corrected chi connectivity index (χ2v) is 8.41. The predicted molar refractivity (Wildman–Crippen MR) is 105 cm³/mol. The molecule has 146 valence electrons. The van der Waals surface area contributed by atoms with Gasteiger partial charge < -0.3 is 14.4 Å². The zero-order chi connectivity index (χ0) is 19.3. The molecule has 26 heavy (non-hydrogen) atoms. The van der Waals surface area contributed by atoms with Gasteiger partial charge in [-0.25, -0.2) is 4.79 Å². The summed E-state index contributed by atoms with van der Waals surface area (Å²) in [6.45, 7) is 9.20. The van der Waals surface area contributed by atoms with Gasteiger partial charge in [-0.2, -0.15) is 0 Å². The molecule has 0 radical (unpaired) electrons. The van der Waals surface area contributed by atoms with Crippen LogP contribution in [0, 0.1) is 0 Å².